The van der Waals surface area contributed by atoms with Crippen molar-refractivity contribution in [3.05, 3.63) is 63.6 Å². The van der Waals surface area contributed by atoms with Gasteiger partial charge in [0.1, 0.15) is 23.6 Å². The Morgan fingerprint density at radius 2 is 1.80 bits per heavy atom. The molecule has 11 heteroatoms. The topological polar surface area (TPSA) is 131 Å². The molecule has 1 aliphatic heterocycles. The van der Waals surface area contributed by atoms with Gasteiger partial charge in [0.15, 0.2) is 0 Å². The molecule has 0 bridgehead atoms. The predicted molar refractivity (Wildman–Crippen MR) is 164 cm³/mol. The Bertz CT molecular complexity index is 1290. The number of benzene rings is 1. The number of carbonyl (C=O) groups excluding carboxylic acids is 2. The number of aliphatic hydroxyl groups is 1. The van der Waals surface area contributed by atoms with Crippen LogP contribution in [0.15, 0.2) is 41.3 Å². The Kier molecular flexibility index (Phi) is 11.1. The number of nitrogens with one attached hydrogen (secondary N) is 1. The van der Waals surface area contributed by atoms with Crippen molar-refractivity contribution < 1.29 is 33.6 Å². The summed E-state index contributed by atoms with van der Waals surface area (Å²) in [5.74, 6) is -0.521. The molecule has 1 aromatic carbocycles. The van der Waals surface area contributed by atoms with Gasteiger partial charge in [0.25, 0.3) is 0 Å². The number of ether oxygens (including phenoxy) is 4. The molecule has 0 radical (unpaired) electrons. The quantitative estimate of drug-likeness (QED) is 0.328. The van der Waals surface area contributed by atoms with Gasteiger partial charge in [-0.2, -0.15) is 0 Å². The third-order valence-corrected chi connectivity index (χ3v) is 8.00. The lowest BCUT2D eigenvalue weighted by Crippen LogP contribution is -2.58. The Morgan fingerprint density at radius 3 is 2.43 bits per heavy atom. The van der Waals surface area contributed by atoms with E-state index in [0.29, 0.717) is 37.7 Å². The molecule has 2 amide bonds. The summed E-state index contributed by atoms with van der Waals surface area (Å²) in [6, 6.07) is 8.95. The highest BCUT2D eigenvalue weighted by Gasteiger charge is 2.51. The summed E-state index contributed by atoms with van der Waals surface area (Å²) in [4.78, 5) is 45.4. The molecule has 4 rings (SSSR count). The Morgan fingerprint density at radius 1 is 1.07 bits per heavy atom. The lowest BCUT2D eigenvalue weighted by molar-refractivity contribution is -0.155. The maximum Gasteiger partial charge on any atom is 0.410 e. The molecule has 2 atom stereocenters. The van der Waals surface area contributed by atoms with Crippen LogP contribution in [-0.2, 0) is 37.6 Å². The summed E-state index contributed by atoms with van der Waals surface area (Å²) >= 11 is 0. The fraction of sp³-hybridized carbons (Fsp3) is 0.606. The van der Waals surface area contributed by atoms with Crippen LogP contribution < -0.4 is 10.3 Å². The average Bonchev–Trinajstić information content (AvgIpc) is 3.81. The van der Waals surface area contributed by atoms with E-state index in [1.165, 1.54) is 17.2 Å². The number of aromatic nitrogens is 1. The minimum Gasteiger partial charge on any atom is -0.491 e. The van der Waals surface area contributed by atoms with Crippen molar-refractivity contribution in [2.24, 2.45) is 5.92 Å². The summed E-state index contributed by atoms with van der Waals surface area (Å²) in [5.41, 5.74) is -0.179. The summed E-state index contributed by atoms with van der Waals surface area (Å²) in [5, 5.41) is 12.2. The first-order valence-corrected chi connectivity index (χ1v) is 15.4. The number of likely N-dealkylation sites (tertiary alicyclic amines) is 1. The number of H-pyrrole nitrogens is 1. The first kappa shape index (κ1) is 33.5. The van der Waals surface area contributed by atoms with Crippen LogP contribution >= 0.6 is 0 Å². The molecule has 11 nitrogen and oxygen atoms in total. The SMILES string of the molecule is COCCCc1cc(CN(C(=O)[C@H]2CN(C(=O)OC(C)(C)C)CC[C@]2(O)c2ccc(=O)[nH]c2)C2CC2)cc(OCCOC)c1. The van der Waals surface area contributed by atoms with E-state index in [-0.39, 0.29) is 37.0 Å². The molecule has 2 N–H and O–H groups in total. The maximum atomic E-state index is 14.5. The Hall–Kier alpha value is -3.41. The minimum absolute atomic E-state index is 0.0188. The smallest absolute Gasteiger partial charge is 0.410 e. The number of rotatable bonds is 13. The van der Waals surface area contributed by atoms with Gasteiger partial charge < -0.3 is 38.8 Å². The molecule has 2 aromatic rings. The highest BCUT2D eigenvalue weighted by Crippen LogP contribution is 2.41. The number of pyridine rings is 1. The van der Waals surface area contributed by atoms with E-state index in [1.54, 1.807) is 41.1 Å². The van der Waals surface area contributed by atoms with Gasteiger partial charge in [0.05, 0.1) is 12.5 Å². The zero-order chi connectivity index (χ0) is 31.9. The fourth-order valence-corrected chi connectivity index (χ4v) is 5.62. The first-order chi connectivity index (χ1) is 20.9. The van der Waals surface area contributed by atoms with Crippen molar-refractivity contribution in [3.63, 3.8) is 0 Å². The Balaban J connectivity index is 1.65. The molecule has 0 spiro atoms. The van der Waals surface area contributed by atoms with Gasteiger partial charge in [-0.25, -0.2) is 4.79 Å². The van der Waals surface area contributed by atoms with E-state index in [2.05, 4.69) is 11.1 Å². The van der Waals surface area contributed by atoms with E-state index in [1.807, 2.05) is 17.0 Å². The van der Waals surface area contributed by atoms with Crippen LogP contribution in [0.4, 0.5) is 4.79 Å². The number of aryl methyl sites for hydroxylation is 1. The van der Waals surface area contributed by atoms with Crippen LogP contribution in [-0.4, -0.2) is 90.7 Å². The number of methoxy groups -OCH3 is 2. The van der Waals surface area contributed by atoms with E-state index in [9.17, 15) is 19.5 Å². The van der Waals surface area contributed by atoms with E-state index >= 15 is 0 Å². The van der Waals surface area contributed by atoms with E-state index < -0.39 is 23.2 Å². The van der Waals surface area contributed by atoms with Crippen molar-refractivity contribution in [2.75, 3.05) is 47.1 Å². The monoisotopic (exact) mass is 613 g/mol. The van der Waals surface area contributed by atoms with Gasteiger partial charge in [0.2, 0.25) is 11.5 Å². The van der Waals surface area contributed by atoms with Crippen LogP contribution in [0.1, 0.15) is 63.1 Å². The molecule has 2 heterocycles. The van der Waals surface area contributed by atoms with Gasteiger partial charge in [0, 0.05) is 64.3 Å². The molecule has 2 aliphatic rings. The van der Waals surface area contributed by atoms with Gasteiger partial charge in [-0.05, 0) is 82.2 Å². The molecule has 44 heavy (non-hydrogen) atoms. The molecule has 1 aromatic heterocycles. The van der Waals surface area contributed by atoms with Crippen LogP contribution in [0.2, 0.25) is 0 Å². The van der Waals surface area contributed by atoms with Crippen molar-refractivity contribution >= 4 is 12.0 Å². The molecule has 242 valence electrons. The number of hydrogen-bond donors (Lipinski definition) is 2. The standard InChI is InChI=1S/C33H47N3O8/c1-32(2,3)44-31(39)35-13-12-33(40,25-8-11-29(37)34-20-25)28(22-35)30(38)36(26-9-10-26)21-24-17-23(7-6-14-41-4)18-27(19-24)43-16-15-42-5/h8,11,17-20,26,28,40H,6-7,9-10,12-16,21-22H2,1-5H3,(H,34,37)/t28-,33+/m1/s1. The third-order valence-electron chi connectivity index (χ3n) is 8.00. The summed E-state index contributed by atoms with van der Waals surface area (Å²) in [6.07, 6.45) is 4.39. The van der Waals surface area contributed by atoms with Gasteiger partial charge in [-0.3, -0.25) is 9.59 Å². The number of aromatic amines is 1. The fourth-order valence-electron chi connectivity index (χ4n) is 5.62. The zero-order valence-electron chi connectivity index (χ0n) is 26.6. The van der Waals surface area contributed by atoms with Crippen molar-refractivity contribution in [1.82, 2.24) is 14.8 Å². The number of nitrogens with zero attached hydrogens (tertiary/aromatic N) is 2. The highest BCUT2D eigenvalue weighted by molar-refractivity contribution is 5.82. The maximum absolute atomic E-state index is 14.5. The molecular formula is C33H47N3O8. The largest absolute Gasteiger partial charge is 0.491 e. The van der Waals surface area contributed by atoms with Gasteiger partial charge >= 0.3 is 6.09 Å². The number of hydrogen-bond acceptors (Lipinski definition) is 8. The second kappa shape index (κ2) is 14.6. The summed E-state index contributed by atoms with van der Waals surface area (Å²) < 4.78 is 22.0. The zero-order valence-corrected chi connectivity index (χ0v) is 26.6. The predicted octanol–water partition coefficient (Wildman–Crippen LogP) is 3.61. The van der Waals surface area contributed by atoms with Crippen LogP contribution in [0.25, 0.3) is 0 Å². The minimum atomic E-state index is -1.59. The van der Waals surface area contributed by atoms with Crippen molar-refractivity contribution in [2.45, 2.75) is 76.7 Å². The number of amides is 2. The lowest BCUT2D eigenvalue weighted by atomic mass is 9.75. The number of carbonyl (C=O) groups is 2. The highest BCUT2D eigenvalue weighted by atomic mass is 16.6. The van der Waals surface area contributed by atoms with Crippen LogP contribution in [0.3, 0.4) is 0 Å². The van der Waals surface area contributed by atoms with Crippen molar-refractivity contribution in [1.29, 1.82) is 0 Å². The van der Waals surface area contributed by atoms with E-state index in [4.69, 9.17) is 18.9 Å². The third kappa shape index (κ3) is 8.83. The first-order valence-electron chi connectivity index (χ1n) is 15.4. The van der Waals surface area contributed by atoms with Gasteiger partial charge in [-0.1, -0.05) is 6.07 Å². The second-order valence-electron chi connectivity index (χ2n) is 12.7. The Labute approximate surface area is 259 Å². The second-order valence-corrected chi connectivity index (χ2v) is 12.7. The summed E-state index contributed by atoms with van der Waals surface area (Å²) in [7, 11) is 3.30. The molecule has 1 aliphatic carbocycles. The molecule has 1 saturated carbocycles. The molecule has 1 saturated heterocycles. The van der Waals surface area contributed by atoms with Crippen LogP contribution in [0, 0.1) is 5.92 Å². The lowest BCUT2D eigenvalue weighted by Gasteiger charge is -2.45. The van der Waals surface area contributed by atoms with Crippen molar-refractivity contribution in [3.8, 4) is 5.75 Å². The van der Waals surface area contributed by atoms with Gasteiger partial charge in [-0.15, -0.1) is 0 Å². The molecular weight excluding hydrogens is 566 g/mol. The number of piperidine rings is 1. The van der Waals surface area contributed by atoms with E-state index in [0.717, 1.165) is 36.8 Å². The average molecular weight is 614 g/mol. The van der Waals surface area contributed by atoms with Crippen LogP contribution in [0.5, 0.6) is 5.75 Å². The summed E-state index contributed by atoms with van der Waals surface area (Å²) in [6.45, 7) is 7.37. The molecule has 2 fully saturated rings. The normalized spacial score (nSPS) is 20.3. The molecule has 0 unspecified atom stereocenters.